The molecule has 53 heavy (non-hydrogen) atoms. The van der Waals surface area contributed by atoms with Crippen molar-refractivity contribution in [3.8, 4) is 5.75 Å². The first-order valence-electron chi connectivity index (χ1n) is 18.3. The minimum absolute atomic E-state index is 0.0149. The van der Waals surface area contributed by atoms with Gasteiger partial charge in [-0.15, -0.1) is 0 Å². The molecule has 0 bridgehead atoms. The Labute approximate surface area is 307 Å². The third-order valence-electron chi connectivity index (χ3n) is 10.3. The fraction of sp³-hybridized carbons (Fsp3) is 0.553. The number of fused-ring (bicyclic) bond motifs is 3. The van der Waals surface area contributed by atoms with Crippen molar-refractivity contribution in [2.75, 3.05) is 6.54 Å². The Kier molecular flexibility index (Phi) is 11.1. The van der Waals surface area contributed by atoms with Crippen molar-refractivity contribution >= 4 is 29.9 Å². The molecule has 13 nitrogen and oxygen atoms in total. The molecule has 1 saturated carbocycles. The molecule has 0 spiro atoms. The summed E-state index contributed by atoms with van der Waals surface area (Å²) in [6.45, 7) is 5.13. The highest BCUT2D eigenvalue weighted by atomic mass is 19.1. The number of hydroxylamine groups is 1. The molecule has 1 aliphatic carbocycles. The number of nitrogens with zero attached hydrogens (tertiary/aromatic N) is 2. The van der Waals surface area contributed by atoms with Crippen LogP contribution < -0.4 is 21.0 Å². The van der Waals surface area contributed by atoms with Crippen LogP contribution in [0, 0.1) is 17.6 Å². The van der Waals surface area contributed by atoms with E-state index < -0.39 is 70.9 Å². The summed E-state index contributed by atoms with van der Waals surface area (Å²) in [7, 11) is 0. The number of hydrogen-bond donors (Lipinski definition) is 3. The number of amides is 5. The lowest BCUT2D eigenvalue weighted by atomic mass is 10.0. The molecule has 3 N–H and O–H groups in total. The molecule has 286 valence electrons. The predicted molar refractivity (Wildman–Crippen MR) is 186 cm³/mol. The number of benzene rings is 2. The van der Waals surface area contributed by atoms with E-state index in [1.807, 2.05) is 0 Å². The van der Waals surface area contributed by atoms with Crippen molar-refractivity contribution in [3.05, 3.63) is 65.2 Å². The largest absolute Gasteiger partial charge is 0.444 e. The Morgan fingerprint density at radius 1 is 0.943 bits per heavy atom. The normalized spacial score (nSPS) is 26.1. The molecule has 0 unspecified atom stereocenters. The van der Waals surface area contributed by atoms with E-state index in [0.29, 0.717) is 36.8 Å². The Balaban J connectivity index is 1.23. The molecule has 2 saturated heterocycles. The third-order valence-corrected chi connectivity index (χ3v) is 10.3. The fourth-order valence-corrected chi connectivity index (χ4v) is 7.45. The van der Waals surface area contributed by atoms with Gasteiger partial charge in [-0.25, -0.2) is 18.4 Å². The van der Waals surface area contributed by atoms with Crippen LogP contribution in [0.4, 0.5) is 18.4 Å². The first-order chi connectivity index (χ1) is 25.2. The Morgan fingerprint density at radius 2 is 1.66 bits per heavy atom. The van der Waals surface area contributed by atoms with E-state index in [0.717, 1.165) is 25.7 Å². The van der Waals surface area contributed by atoms with Crippen molar-refractivity contribution in [2.24, 2.45) is 5.92 Å². The van der Waals surface area contributed by atoms with Gasteiger partial charge in [0.2, 0.25) is 11.8 Å². The Bertz CT molecular complexity index is 1720. The van der Waals surface area contributed by atoms with Gasteiger partial charge in [-0.3, -0.25) is 19.3 Å². The van der Waals surface area contributed by atoms with Gasteiger partial charge < -0.3 is 29.8 Å². The molecule has 0 aromatic heterocycles. The van der Waals surface area contributed by atoms with Crippen LogP contribution in [-0.2, 0) is 36.9 Å². The molecule has 5 amide bonds. The standard InChI is InChI=1S/C38H47F2N5O8/c1-37(2,3)52-35(49)41-30-13-8-6-4-5-7-11-24-19-38(24,34(48)43-53-26-16-14-25(39)15-17-26)42-32(46)31-18-27(21-45(31)33(30)47)51-36(50)44-20-23-10-9-12-29(40)28(23)22-44/h9-10,12,14-17,24,27,30-31H,4-8,11,13,18-22H2,1-3H3,(H,41,49)(H,42,46)(H,43,48)/t24-,27+,30-,31-,38+/m0/s1. The average Bonchev–Trinajstić information content (AvgIpc) is 3.39. The molecule has 6 rings (SSSR count). The highest BCUT2D eigenvalue weighted by Gasteiger charge is 2.62. The molecule has 3 fully saturated rings. The quantitative estimate of drug-likeness (QED) is 0.362. The Hall–Kier alpha value is -4.95. The maximum Gasteiger partial charge on any atom is 0.410 e. The van der Waals surface area contributed by atoms with Gasteiger partial charge in [-0.1, -0.05) is 44.2 Å². The van der Waals surface area contributed by atoms with E-state index in [-0.39, 0.29) is 37.7 Å². The maximum atomic E-state index is 14.4. The van der Waals surface area contributed by atoms with Crippen LogP contribution >= 0.6 is 0 Å². The summed E-state index contributed by atoms with van der Waals surface area (Å²) in [6, 6.07) is 7.53. The molecule has 3 heterocycles. The number of hydrogen-bond acceptors (Lipinski definition) is 8. The second-order valence-electron chi connectivity index (χ2n) is 15.4. The van der Waals surface area contributed by atoms with Crippen molar-refractivity contribution < 1.29 is 47.1 Å². The second-order valence-corrected chi connectivity index (χ2v) is 15.4. The number of carbonyl (C=O) groups excluding carboxylic acids is 5. The van der Waals surface area contributed by atoms with Crippen LogP contribution in [0.5, 0.6) is 5.75 Å². The molecular weight excluding hydrogens is 692 g/mol. The highest BCUT2D eigenvalue weighted by Crippen LogP contribution is 2.47. The summed E-state index contributed by atoms with van der Waals surface area (Å²) >= 11 is 0. The van der Waals surface area contributed by atoms with Gasteiger partial charge in [0.1, 0.15) is 41.0 Å². The summed E-state index contributed by atoms with van der Waals surface area (Å²) in [6.07, 6.45) is 2.77. The van der Waals surface area contributed by atoms with Crippen molar-refractivity contribution in [1.29, 1.82) is 0 Å². The van der Waals surface area contributed by atoms with E-state index in [1.54, 1.807) is 32.9 Å². The Morgan fingerprint density at radius 3 is 2.38 bits per heavy atom. The number of halogens is 2. The first-order valence-corrected chi connectivity index (χ1v) is 18.3. The number of alkyl carbamates (subject to hydrolysis) is 1. The topological polar surface area (TPSA) is 156 Å². The molecule has 2 aromatic rings. The van der Waals surface area contributed by atoms with E-state index in [4.69, 9.17) is 14.3 Å². The van der Waals surface area contributed by atoms with E-state index in [2.05, 4.69) is 16.1 Å². The molecule has 0 radical (unpaired) electrons. The zero-order valence-corrected chi connectivity index (χ0v) is 30.3. The van der Waals surface area contributed by atoms with Gasteiger partial charge in [0.15, 0.2) is 5.75 Å². The molecule has 2 aromatic carbocycles. The van der Waals surface area contributed by atoms with Gasteiger partial charge >= 0.3 is 12.2 Å². The summed E-state index contributed by atoms with van der Waals surface area (Å²) in [4.78, 5) is 76.6. The van der Waals surface area contributed by atoms with Crippen LogP contribution in [-0.4, -0.2) is 75.6 Å². The summed E-state index contributed by atoms with van der Waals surface area (Å²) in [5, 5.41) is 5.62. The van der Waals surface area contributed by atoms with E-state index in [1.165, 1.54) is 40.1 Å². The molecule has 5 atom stereocenters. The van der Waals surface area contributed by atoms with Gasteiger partial charge in [-0.2, -0.15) is 5.48 Å². The molecule has 3 aliphatic heterocycles. The van der Waals surface area contributed by atoms with Crippen molar-refractivity contribution in [3.63, 3.8) is 0 Å². The monoisotopic (exact) mass is 739 g/mol. The average molecular weight is 740 g/mol. The highest BCUT2D eigenvalue weighted by molar-refractivity contribution is 5.98. The SMILES string of the molecule is CC(C)(C)OC(=O)N[C@H]1CCCCCCC[C@H]2C[C@@]2(C(=O)NOc2ccc(F)cc2)NC(=O)[C@@H]2C[C@@H](OC(=O)N3Cc4cccc(F)c4C3)CN2C1=O. The zero-order chi connectivity index (χ0) is 37.9. The molecular formula is C38H47F2N5O8. The van der Waals surface area contributed by atoms with Gasteiger partial charge in [0, 0.05) is 18.5 Å². The minimum atomic E-state index is -1.33. The molecule has 15 heteroatoms. The van der Waals surface area contributed by atoms with Crippen molar-refractivity contribution in [1.82, 2.24) is 25.9 Å². The van der Waals surface area contributed by atoms with Crippen LogP contribution in [0.2, 0.25) is 0 Å². The summed E-state index contributed by atoms with van der Waals surface area (Å²) in [5.74, 6) is -2.67. The van der Waals surface area contributed by atoms with Gasteiger partial charge in [0.05, 0.1) is 13.1 Å². The van der Waals surface area contributed by atoms with E-state index >= 15 is 0 Å². The first kappa shape index (κ1) is 37.8. The second kappa shape index (κ2) is 15.6. The molecule has 4 aliphatic rings. The van der Waals surface area contributed by atoms with Crippen LogP contribution in [0.15, 0.2) is 42.5 Å². The summed E-state index contributed by atoms with van der Waals surface area (Å²) in [5.41, 5.74) is 1.32. The minimum Gasteiger partial charge on any atom is -0.444 e. The van der Waals surface area contributed by atoms with Gasteiger partial charge in [-0.05, 0) is 81.8 Å². The third kappa shape index (κ3) is 8.99. The van der Waals surface area contributed by atoms with Crippen molar-refractivity contribution in [2.45, 2.75) is 121 Å². The van der Waals surface area contributed by atoms with Crippen LogP contribution in [0.1, 0.15) is 89.7 Å². The van der Waals surface area contributed by atoms with Crippen LogP contribution in [0.3, 0.4) is 0 Å². The number of rotatable bonds is 5. The lowest BCUT2D eigenvalue weighted by molar-refractivity contribution is -0.142. The smallest absolute Gasteiger partial charge is 0.410 e. The summed E-state index contributed by atoms with van der Waals surface area (Å²) < 4.78 is 39.2. The predicted octanol–water partition coefficient (Wildman–Crippen LogP) is 5.01. The zero-order valence-electron chi connectivity index (χ0n) is 30.3. The van der Waals surface area contributed by atoms with Crippen LogP contribution in [0.25, 0.3) is 0 Å². The number of carbonyl (C=O) groups is 5. The number of nitrogens with one attached hydrogen (secondary N) is 3. The maximum absolute atomic E-state index is 14.4. The lowest BCUT2D eigenvalue weighted by Gasteiger charge is -2.30. The fourth-order valence-electron chi connectivity index (χ4n) is 7.45. The van der Waals surface area contributed by atoms with E-state index in [9.17, 15) is 32.8 Å². The van der Waals surface area contributed by atoms with Gasteiger partial charge in [0.25, 0.3) is 5.91 Å². The number of ether oxygens (including phenoxy) is 2. The lowest BCUT2D eigenvalue weighted by Crippen LogP contribution is -2.58.